The first kappa shape index (κ1) is 11.0. The summed E-state index contributed by atoms with van der Waals surface area (Å²) >= 11 is 5.80. The monoisotopic (exact) mass is 232 g/mol. The number of ether oxygens (including phenoxy) is 1. The highest BCUT2D eigenvalue weighted by Crippen LogP contribution is 2.24. The minimum absolute atomic E-state index is 0.539. The molecule has 0 unspecified atom stereocenters. The summed E-state index contributed by atoms with van der Waals surface area (Å²) in [6, 6.07) is 15.7. The van der Waals surface area contributed by atoms with Crippen molar-refractivity contribution < 1.29 is 4.74 Å². The summed E-state index contributed by atoms with van der Waals surface area (Å²) in [6.07, 6.45) is 0. The number of aryl methyl sites for hydroxylation is 1. The molecule has 1 nitrogen and oxygen atoms in total. The molecule has 0 saturated heterocycles. The Morgan fingerprint density at radius 2 is 1.75 bits per heavy atom. The predicted octanol–water partition coefficient (Wildman–Crippen LogP) is 4.53. The molecular weight excluding hydrogens is 220 g/mol. The maximum atomic E-state index is 5.80. The largest absolute Gasteiger partial charge is 0.457 e. The van der Waals surface area contributed by atoms with Crippen LogP contribution in [-0.4, -0.2) is 0 Å². The first-order valence-electron chi connectivity index (χ1n) is 5.18. The van der Waals surface area contributed by atoms with Crippen LogP contribution in [0.15, 0.2) is 48.5 Å². The molecule has 0 amide bonds. The highest BCUT2D eigenvalue weighted by atomic mass is 35.5. The van der Waals surface area contributed by atoms with Gasteiger partial charge in [0, 0.05) is 5.88 Å². The third kappa shape index (κ3) is 2.56. The molecule has 0 aliphatic heterocycles. The van der Waals surface area contributed by atoms with Crippen LogP contribution >= 0.6 is 11.6 Å². The lowest BCUT2D eigenvalue weighted by Crippen LogP contribution is -1.88. The van der Waals surface area contributed by atoms with Gasteiger partial charge in [-0.1, -0.05) is 24.3 Å². The van der Waals surface area contributed by atoms with Gasteiger partial charge in [0.1, 0.15) is 11.5 Å². The van der Waals surface area contributed by atoms with Crippen LogP contribution in [0.25, 0.3) is 0 Å². The van der Waals surface area contributed by atoms with Gasteiger partial charge in [0.2, 0.25) is 0 Å². The minimum Gasteiger partial charge on any atom is -0.457 e. The van der Waals surface area contributed by atoms with Crippen molar-refractivity contribution in [3.05, 3.63) is 59.7 Å². The topological polar surface area (TPSA) is 9.23 Å². The molecule has 0 saturated carbocycles. The van der Waals surface area contributed by atoms with E-state index in [0.29, 0.717) is 5.88 Å². The summed E-state index contributed by atoms with van der Waals surface area (Å²) in [6.45, 7) is 2.04. The Balaban J connectivity index is 2.20. The number of rotatable bonds is 3. The molecule has 0 spiro atoms. The third-order valence-electron chi connectivity index (χ3n) is 2.44. The number of para-hydroxylation sites is 1. The lowest BCUT2D eigenvalue weighted by atomic mass is 10.1. The molecular formula is C14H13ClO. The SMILES string of the molecule is Cc1cc(Oc2ccccc2)ccc1CCl. The molecule has 2 heteroatoms. The highest BCUT2D eigenvalue weighted by molar-refractivity contribution is 6.17. The van der Waals surface area contributed by atoms with E-state index in [1.165, 1.54) is 0 Å². The Morgan fingerprint density at radius 1 is 1.00 bits per heavy atom. The van der Waals surface area contributed by atoms with Gasteiger partial charge < -0.3 is 4.74 Å². The number of alkyl halides is 1. The van der Waals surface area contributed by atoms with Crippen LogP contribution in [0.2, 0.25) is 0 Å². The molecule has 0 fully saturated rings. The van der Waals surface area contributed by atoms with E-state index in [2.05, 4.69) is 0 Å². The van der Waals surface area contributed by atoms with Gasteiger partial charge in [-0.2, -0.15) is 0 Å². The zero-order valence-corrected chi connectivity index (χ0v) is 9.87. The van der Waals surface area contributed by atoms with E-state index in [1.807, 2.05) is 55.5 Å². The van der Waals surface area contributed by atoms with E-state index < -0.39 is 0 Å². The van der Waals surface area contributed by atoms with Gasteiger partial charge >= 0.3 is 0 Å². The first-order chi connectivity index (χ1) is 7.79. The van der Waals surface area contributed by atoms with E-state index in [4.69, 9.17) is 16.3 Å². The Kier molecular flexibility index (Phi) is 3.47. The molecule has 0 aliphatic carbocycles. The second-order valence-corrected chi connectivity index (χ2v) is 3.90. The molecule has 0 bridgehead atoms. The van der Waals surface area contributed by atoms with E-state index >= 15 is 0 Å². The fourth-order valence-corrected chi connectivity index (χ4v) is 1.81. The fourth-order valence-electron chi connectivity index (χ4n) is 1.51. The second-order valence-electron chi connectivity index (χ2n) is 3.64. The number of halogens is 1. The van der Waals surface area contributed by atoms with Crippen LogP contribution in [0.3, 0.4) is 0 Å². The number of hydrogen-bond donors (Lipinski definition) is 0. The Bertz CT molecular complexity index is 465. The molecule has 2 aromatic carbocycles. The lowest BCUT2D eigenvalue weighted by Gasteiger charge is -2.08. The zero-order chi connectivity index (χ0) is 11.4. The summed E-state index contributed by atoms with van der Waals surface area (Å²) in [4.78, 5) is 0. The Hall–Kier alpha value is -1.47. The molecule has 82 valence electrons. The average molecular weight is 233 g/mol. The molecule has 0 aliphatic rings. The van der Waals surface area contributed by atoms with Crippen molar-refractivity contribution in [2.24, 2.45) is 0 Å². The van der Waals surface area contributed by atoms with E-state index in [-0.39, 0.29) is 0 Å². The quantitative estimate of drug-likeness (QED) is 0.707. The van der Waals surface area contributed by atoms with Crippen LogP contribution in [0.5, 0.6) is 11.5 Å². The summed E-state index contributed by atoms with van der Waals surface area (Å²) in [5, 5.41) is 0. The van der Waals surface area contributed by atoms with Gasteiger partial charge in [0.05, 0.1) is 0 Å². The summed E-state index contributed by atoms with van der Waals surface area (Å²) in [7, 11) is 0. The standard InChI is InChI=1S/C14H13ClO/c1-11-9-14(8-7-12(11)10-15)16-13-5-3-2-4-6-13/h2-9H,10H2,1H3. The lowest BCUT2D eigenvalue weighted by molar-refractivity contribution is 0.482. The van der Waals surface area contributed by atoms with Crippen molar-refractivity contribution in [2.75, 3.05) is 0 Å². The smallest absolute Gasteiger partial charge is 0.127 e. The van der Waals surface area contributed by atoms with Crippen LogP contribution in [-0.2, 0) is 5.88 Å². The maximum absolute atomic E-state index is 5.80. The normalized spacial score (nSPS) is 10.1. The van der Waals surface area contributed by atoms with Gasteiger partial charge in [-0.3, -0.25) is 0 Å². The zero-order valence-electron chi connectivity index (χ0n) is 9.11. The van der Waals surface area contributed by atoms with Gasteiger partial charge in [-0.05, 0) is 42.3 Å². The second kappa shape index (κ2) is 5.04. The molecule has 2 aromatic rings. The number of benzene rings is 2. The van der Waals surface area contributed by atoms with Gasteiger partial charge in [0.25, 0.3) is 0 Å². The van der Waals surface area contributed by atoms with Crippen LogP contribution in [0, 0.1) is 6.92 Å². The first-order valence-corrected chi connectivity index (χ1v) is 5.71. The third-order valence-corrected chi connectivity index (χ3v) is 2.72. The van der Waals surface area contributed by atoms with Crippen LogP contribution in [0.4, 0.5) is 0 Å². The predicted molar refractivity (Wildman–Crippen MR) is 67.3 cm³/mol. The van der Waals surface area contributed by atoms with Gasteiger partial charge in [-0.15, -0.1) is 11.6 Å². The van der Waals surface area contributed by atoms with Gasteiger partial charge in [-0.25, -0.2) is 0 Å². The molecule has 0 N–H and O–H groups in total. The summed E-state index contributed by atoms with van der Waals surface area (Å²) in [5.41, 5.74) is 2.30. The van der Waals surface area contributed by atoms with Gasteiger partial charge in [0.15, 0.2) is 0 Å². The van der Waals surface area contributed by atoms with Crippen molar-refractivity contribution in [1.29, 1.82) is 0 Å². The van der Waals surface area contributed by atoms with Crippen molar-refractivity contribution in [1.82, 2.24) is 0 Å². The van der Waals surface area contributed by atoms with Crippen LogP contribution < -0.4 is 4.74 Å². The summed E-state index contributed by atoms with van der Waals surface area (Å²) < 4.78 is 5.72. The number of hydrogen-bond acceptors (Lipinski definition) is 1. The maximum Gasteiger partial charge on any atom is 0.127 e. The Morgan fingerprint density at radius 3 is 2.38 bits per heavy atom. The average Bonchev–Trinajstić information content (AvgIpc) is 2.31. The van der Waals surface area contributed by atoms with Crippen molar-refractivity contribution >= 4 is 11.6 Å². The highest BCUT2D eigenvalue weighted by Gasteiger charge is 2.00. The summed E-state index contributed by atoms with van der Waals surface area (Å²) in [5.74, 6) is 2.23. The van der Waals surface area contributed by atoms with E-state index in [0.717, 1.165) is 22.6 Å². The Labute approximate surface area is 101 Å². The van der Waals surface area contributed by atoms with E-state index in [9.17, 15) is 0 Å². The van der Waals surface area contributed by atoms with Crippen LogP contribution in [0.1, 0.15) is 11.1 Å². The molecule has 0 radical (unpaired) electrons. The van der Waals surface area contributed by atoms with E-state index in [1.54, 1.807) is 0 Å². The van der Waals surface area contributed by atoms with Crippen molar-refractivity contribution in [3.63, 3.8) is 0 Å². The molecule has 0 heterocycles. The molecule has 16 heavy (non-hydrogen) atoms. The minimum atomic E-state index is 0.539. The van der Waals surface area contributed by atoms with Crippen molar-refractivity contribution in [3.8, 4) is 11.5 Å². The molecule has 2 rings (SSSR count). The fraction of sp³-hybridized carbons (Fsp3) is 0.143. The van der Waals surface area contributed by atoms with Crippen molar-refractivity contribution in [2.45, 2.75) is 12.8 Å². The molecule has 0 aromatic heterocycles. The molecule has 0 atom stereocenters.